The highest BCUT2D eigenvalue weighted by Gasteiger charge is 2.26. The molecule has 0 bridgehead atoms. The number of nitrogens with one attached hydrogen (secondary N) is 1. The summed E-state index contributed by atoms with van der Waals surface area (Å²) in [4.78, 5) is 25.2. The number of rotatable bonds is 3. The number of carbonyl (C=O) groups is 2. The highest BCUT2D eigenvalue weighted by Crippen LogP contribution is 2.30. The van der Waals surface area contributed by atoms with Crippen LogP contribution < -0.4 is 5.32 Å². The molecule has 2 aliphatic rings. The summed E-state index contributed by atoms with van der Waals surface area (Å²) < 4.78 is 0. The van der Waals surface area contributed by atoms with Gasteiger partial charge in [-0.05, 0) is 36.5 Å². The molecule has 4 heteroatoms. The molecule has 0 radical (unpaired) electrons. The quantitative estimate of drug-likeness (QED) is 0.879. The molecular formula is C14H16N2O2. The zero-order valence-corrected chi connectivity index (χ0v) is 10.4. The third-order valence-corrected chi connectivity index (χ3v) is 3.56. The van der Waals surface area contributed by atoms with Gasteiger partial charge in [0.25, 0.3) is 5.91 Å². The van der Waals surface area contributed by atoms with E-state index in [0.29, 0.717) is 17.9 Å². The van der Waals surface area contributed by atoms with Crippen LogP contribution >= 0.6 is 0 Å². The number of carbonyl (C=O) groups excluding carboxylic acids is 2. The van der Waals surface area contributed by atoms with Gasteiger partial charge in [-0.25, -0.2) is 0 Å². The molecular weight excluding hydrogens is 228 g/mol. The first kappa shape index (κ1) is 11.3. The average molecular weight is 244 g/mol. The summed E-state index contributed by atoms with van der Waals surface area (Å²) >= 11 is 0. The van der Waals surface area contributed by atoms with Gasteiger partial charge in [-0.15, -0.1) is 0 Å². The number of hydrogen-bond donors (Lipinski definition) is 1. The second-order valence-corrected chi connectivity index (χ2v) is 5.23. The van der Waals surface area contributed by atoms with Gasteiger partial charge in [-0.3, -0.25) is 9.59 Å². The van der Waals surface area contributed by atoms with E-state index in [9.17, 15) is 9.59 Å². The van der Waals surface area contributed by atoms with E-state index in [2.05, 4.69) is 5.32 Å². The second kappa shape index (κ2) is 4.12. The minimum absolute atomic E-state index is 0.000865. The lowest BCUT2D eigenvalue weighted by Crippen LogP contribution is -2.28. The van der Waals surface area contributed by atoms with Crippen LogP contribution in [-0.2, 0) is 11.2 Å². The number of nitrogens with zero attached hydrogens (tertiary/aromatic N) is 1. The fraction of sp³-hybridized carbons (Fsp3) is 0.429. The molecule has 1 aliphatic heterocycles. The third kappa shape index (κ3) is 2.10. The highest BCUT2D eigenvalue weighted by atomic mass is 16.2. The maximum atomic E-state index is 12.2. The van der Waals surface area contributed by atoms with Gasteiger partial charge in [0.05, 0.1) is 6.42 Å². The van der Waals surface area contributed by atoms with Crippen molar-refractivity contribution in [3.63, 3.8) is 0 Å². The first-order chi connectivity index (χ1) is 8.63. The lowest BCUT2D eigenvalue weighted by Gasteiger charge is -2.17. The zero-order chi connectivity index (χ0) is 12.7. The Bertz CT molecular complexity index is 521. The van der Waals surface area contributed by atoms with Crippen LogP contribution in [0.2, 0.25) is 0 Å². The summed E-state index contributed by atoms with van der Waals surface area (Å²) in [6, 6.07) is 5.46. The number of fused-ring (bicyclic) bond motifs is 1. The van der Waals surface area contributed by atoms with Gasteiger partial charge in [0.15, 0.2) is 0 Å². The minimum atomic E-state index is 0.000865. The van der Waals surface area contributed by atoms with Crippen molar-refractivity contribution in [2.75, 3.05) is 18.9 Å². The summed E-state index contributed by atoms with van der Waals surface area (Å²) in [6.07, 6.45) is 2.89. The van der Waals surface area contributed by atoms with E-state index in [4.69, 9.17) is 0 Å². The van der Waals surface area contributed by atoms with Gasteiger partial charge in [0.1, 0.15) is 0 Å². The Hall–Kier alpha value is -1.84. The monoisotopic (exact) mass is 244 g/mol. The molecule has 1 aromatic rings. The van der Waals surface area contributed by atoms with Gasteiger partial charge in [-0.1, -0.05) is 6.07 Å². The van der Waals surface area contributed by atoms with Crippen LogP contribution in [0.5, 0.6) is 0 Å². The number of benzene rings is 1. The Morgan fingerprint density at radius 3 is 2.94 bits per heavy atom. The molecule has 1 saturated carbocycles. The van der Waals surface area contributed by atoms with Crippen LogP contribution in [0.3, 0.4) is 0 Å². The number of amides is 2. The van der Waals surface area contributed by atoms with E-state index < -0.39 is 0 Å². The summed E-state index contributed by atoms with van der Waals surface area (Å²) in [5, 5.41) is 2.78. The average Bonchev–Trinajstić information content (AvgIpc) is 3.06. The van der Waals surface area contributed by atoms with E-state index in [1.54, 1.807) is 11.0 Å². The Morgan fingerprint density at radius 2 is 2.22 bits per heavy atom. The Kier molecular flexibility index (Phi) is 2.58. The molecule has 0 saturated heterocycles. The van der Waals surface area contributed by atoms with E-state index >= 15 is 0 Å². The molecule has 4 nitrogen and oxygen atoms in total. The normalized spacial score (nSPS) is 17.3. The minimum Gasteiger partial charge on any atom is -0.341 e. The molecule has 1 aromatic carbocycles. The van der Waals surface area contributed by atoms with Crippen molar-refractivity contribution in [1.29, 1.82) is 0 Å². The van der Waals surface area contributed by atoms with Crippen LogP contribution in [0.25, 0.3) is 0 Å². The van der Waals surface area contributed by atoms with Gasteiger partial charge in [0.2, 0.25) is 5.91 Å². The summed E-state index contributed by atoms with van der Waals surface area (Å²) in [7, 11) is 1.84. The lowest BCUT2D eigenvalue weighted by atomic mass is 10.1. The van der Waals surface area contributed by atoms with Gasteiger partial charge >= 0.3 is 0 Å². The predicted octanol–water partition coefficient (Wildman–Crippen LogP) is 1.66. The van der Waals surface area contributed by atoms with Crippen molar-refractivity contribution in [2.24, 2.45) is 5.92 Å². The van der Waals surface area contributed by atoms with Gasteiger partial charge in [-0.2, -0.15) is 0 Å². The number of hydrogen-bond acceptors (Lipinski definition) is 2. The van der Waals surface area contributed by atoms with Gasteiger partial charge < -0.3 is 10.2 Å². The largest absolute Gasteiger partial charge is 0.341 e. The maximum Gasteiger partial charge on any atom is 0.253 e. The molecule has 1 heterocycles. The number of anilines is 1. The molecule has 2 amide bonds. The molecule has 1 fully saturated rings. The predicted molar refractivity (Wildman–Crippen MR) is 68.5 cm³/mol. The van der Waals surface area contributed by atoms with Crippen LogP contribution in [0.15, 0.2) is 18.2 Å². The van der Waals surface area contributed by atoms with Crippen LogP contribution in [-0.4, -0.2) is 30.3 Å². The highest BCUT2D eigenvalue weighted by molar-refractivity contribution is 6.02. The zero-order valence-electron chi connectivity index (χ0n) is 10.4. The van der Waals surface area contributed by atoms with Crippen LogP contribution in [0.1, 0.15) is 28.8 Å². The maximum absolute atomic E-state index is 12.2. The molecule has 3 rings (SSSR count). The van der Waals surface area contributed by atoms with Crippen LogP contribution in [0.4, 0.5) is 5.69 Å². The van der Waals surface area contributed by atoms with E-state index in [1.165, 1.54) is 12.8 Å². The van der Waals surface area contributed by atoms with E-state index in [-0.39, 0.29) is 11.8 Å². The van der Waals surface area contributed by atoms with Crippen molar-refractivity contribution >= 4 is 17.5 Å². The fourth-order valence-corrected chi connectivity index (χ4v) is 2.34. The Balaban J connectivity index is 1.77. The topological polar surface area (TPSA) is 49.4 Å². The second-order valence-electron chi connectivity index (χ2n) is 5.23. The van der Waals surface area contributed by atoms with Crippen molar-refractivity contribution in [3.8, 4) is 0 Å². The van der Waals surface area contributed by atoms with Crippen molar-refractivity contribution in [3.05, 3.63) is 29.3 Å². The molecule has 0 aromatic heterocycles. The first-order valence-electron chi connectivity index (χ1n) is 6.32. The fourth-order valence-electron chi connectivity index (χ4n) is 2.34. The van der Waals surface area contributed by atoms with Crippen molar-refractivity contribution in [1.82, 2.24) is 4.90 Å². The SMILES string of the molecule is CN(CC1CC1)C(=O)c1ccc2c(c1)NC(=O)C2. The van der Waals surface area contributed by atoms with E-state index in [0.717, 1.165) is 17.8 Å². The summed E-state index contributed by atoms with van der Waals surface area (Å²) in [5.41, 5.74) is 2.41. The van der Waals surface area contributed by atoms with Crippen molar-refractivity contribution < 1.29 is 9.59 Å². The molecule has 0 atom stereocenters. The summed E-state index contributed by atoms with van der Waals surface area (Å²) in [5.74, 6) is 0.722. The molecule has 94 valence electrons. The molecule has 0 spiro atoms. The van der Waals surface area contributed by atoms with E-state index in [1.807, 2.05) is 19.2 Å². The van der Waals surface area contributed by atoms with Crippen molar-refractivity contribution in [2.45, 2.75) is 19.3 Å². The molecule has 1 N–H and O–H groups in total. The molecule has 1 aliphatic carbocycles. The Labute approximate surface area is 106 Å². The molecule has 18 heavy (non-hydrogen) atoms. The third-order valence-electron chi connectivity index (χ3n) is 3.56. The van der Waals surface area contributed by atoms with Gasteiger partial charge in [0, 0.05) is 24.8 Å². The standard InChI is InChI=1S/C14H16N2O2/c1-16(8-9-2-3-9)14(18)11-5-4-10-7-13(17)15-12(10)6-11/h4-6,9H,2-3,7-8H2,1H3,(H,15,17). The first-order valence-corrected chi connectivity index (χ1v) is 6.32. The lowest BCUT2D eigenvalue weighted by molar-refractivity contribution is -0.115. The summed E-state index contributed by atoms with van der Waals surface area (Å²) in [6.45, 7) is 0.836. The smallest absolute Gasteiger partial charge is 0.253 e. The van der Waals surface area contributed by atoms with Crippen LogP contribution in [0, 0.1) is 5.92 Å². The Morgan fingerprint density at radius 1 is 1.44 bits per heavy atom. The molecule has 0 unspecified atom stereocenters.